The van der Waals surface area contributed by atoms with Crippen molar-refractivity contribution >= 4 is 0 Å². The average Bonchev–Trinajstić information content (AvgIpc) is 2.65. The summed E-state index contributed by atoms with van der Waals surface area (Å²) in [6, 6.07) is 8.91. The Morgan fingerprint density at radius 1 is 1.27 bits per heavy atom. The molecule has 2 aromatic rings. The van der Waals surface area contributed by atoms with Gasteiger partial charge in [-0.1, -0.05) is 18.6 Å². The van der Waals surface area contributed by atoms with Crippen molar-refractivity contribution in [1.82, 2.24) is 9.88 Å². The Kier molecular flexibility index (Phi) is 4.67. The van der Waals surface area contributed by atoms with Gasteiger partial charge in [-0.25, -0.2) is 4.39 Å². The molecule has 26 heavy (non-hydrogen) atoms. The summed E-state index contributed by atoms with van der Waals surface area (Å²) in [5.74, 6) is 0.608. The van der Waals surface area contributed by atoms with Crippen LogP contribution in [0.25, 0.3) is 0 Å². The molecule has 138 valence electrons. The molecule has 4 nitrogen and oxygen atoms in total. The Labute approximate surface area is 153 Å². The third-order valence-corrected chi connectivity index (χ3v) is 6.09. The molecule has 2 atom stereocenters. The predicted octanol–water partition coefficient (Wildman–Crippen LogP) is 3.35. The van der Waals surface area contributed by atoms with Crippen LogP contribution in [0, 0.1) is 17.7 Å². The molecule has 1 N–H and O–H groups in total. The lowest BCUT2D eigenvalue weighted by Crippen LogP contribution is -2.57. The molecule has 4 rings (SSSR count). The first-order valence-corrected chi connectivity index (χ1v) is 9.29. The summed E-state index contributed by atoms with van der Waals surface area (Å²) in [6.45, 7) is 2.10. The van der Waals surface area contributed by atoms with Crippen LogP contribution in [-0.2, 0) is 12.1 Å². The van der Waals surface area contributed by atoms with Gasteiger partial charge in [0.15, 0.2) is 0 Å². The topological polar surface area (TPSA) is 45.6 Å². The van der Waals surface area contributed by atoms with Crippen molar-refractivity contribution in [3.63, 3.8) is 0 Å². The van der Waals surface area contributed by atoms with E-state index >= 15 is 0 Å². The Balaban J connectivity index is 1.55. The number of rotatable bonds is 4. The van der Waals surface area contributed by atoms with Crippen molar-refractivity contribution < 1.29 is 14.2 Å². The number of benzene rings is 1. The van der Waals surface area contributed by atoms with E-state index in [1.165, 1.54) is 6.07 Å². The second-order valence-corrected chi connectivity index (χ2v) is 7.54. The number of halogens is 1. The van der Waals surface area contributed by atoms with Crippen LogP contribution in [0.15, 0.2) is 42.7 Å². The van der Waals surface area contributed by atoms with Crippen LogP contribution in [0.4, 0.5) is 4.39 Å². The molecule has 0 spiro atoms. The third kappa shape index (κ3) is 2.99. The highest BCUT2D eigenvalue weighted by atomic mass is 19.1. The molecule has 1 aliphatic carbocycles. The molecule has 1 aromatic heterocycles. The highest BCUT2D eigenvalue weighted by Crippen LogP contribution is 2.49. The zero-order valence-corrected chi connectivity index (χ0v) is 15.1. The highest BCUT2D eigenvalue weighted by Gasteiger charge is 2.51. The number of pyridine rings is 1. The molecule has 2 aliphatic rings. The summed E-state index contributed by atoms with van der Waals surface area (Å²) in [5, 5.41) is 11.6. The van der Waals surface area contributed by atoms with Gasteiger partial charge in [0.1, 0.15) is 11.6 Å². The Hall–Kier alpha value is -1.98. The second kappa shape index (κ2) is 6.97. The summed E-state index contributed by atoms with van der Waals surface area (Å²) in [5.41, 5.74) is 0.780. The van der Waals surface area contributed by atoms with E-state index < -0.39 is 5.60 Å². The Bertz CT molecular complexity index is 754. The quantitative estimate of drug-likeness (QED) is 0.913. The molecule has 1 aliphatic heterocycles. The summed E-state index contributed by atoms with van der Waals surface area (Å²) in [6.07, 6.45) is 6.66. The van der Waals surface area contributed by atoms with Crippen molar-refractivity contribution in [2.75, 3.05) is 20.2 Å². The smallest absolute Gasteiger partial charge is 0.131 e. The van der Waals surface area contributed by atoms with E-state index in [-0.39, 0.29) is 17.7 Å². The summed E-state index contributed by atoms with van der Waals surface area (Å²) >= 11 is 0. The van der Waals surface area contributed by atoms with Gasteiger partial charge in [0.05, 0.1) is 12.7 Å². The number of methoxy groups -OCH3 is 1. The van der Waals surface area contributed by atoms with Crippen LogP contribution in [0.3, 0.4) is 0 Å². The first-order valence-electron chi connectivity index (χ1n) is 9.29. The fraction of sp³-hybridized carbons (Fsp3) is 0.476. The number of fused-ring (bicyclic) bond motifs is 2. The van der Waals surface area contributed by atoms with Crippen molar-refractivity contribution in [2.45, 2.75) is 31.4 Å². The number of aromatic nitrogens is 1. The molecular weight excluding hydrogens is 331 g/mol. The van der Waals surface area contributed by atoms with Crippen molar-refractivity contribution in [3.05, 3.63) is 59.7 Å². The average molecular weight is 356 g/mol. The summed E-state index contributed by atoms with van der Waals surface area (Å²) in [4.78, 5) is 6.49. The second-order valence-electron chi connectivity index (χ2n) is 7.54. The number of piperidine rings is 1. The van der Waals surface area contributed by atoms with Crippen LogP contribution >= 0.6 is 0 Å². The molecule has 0 radical (unpaired) electrons. The molecule has 2 unspecified atom stereocenters. The van der Waals surface area contributed by atoms with Crippen molar-refractivity contribution in [1.29, 1.82) is 0 Å². The van der Waals surface area contributed by atoms with E-state index in [1.54, 1.807) is 31.6 Å². The van der Waals surface area contributed by atoms with Gasteiger partial charge in [0, 0.05) is 61.1 Å². The van der Waals surface area contributed by atoms with Gasteiger partial charge in [-0.15, -0.1) is 0 Å². The molecular formula is C21H25FN2O2. The van der Waals surface area contributed by atoms with E-state index in [0.29, 0.717) is 17.9 Å². The number of aliphatic hydroxyl groups is 1. The number of hydrogen-bond donors (Lipinski definition) is 1. The van der Waals surface area contributed by atoms with Gasteiger partial charge in [-0.2, -0.15) is 0 Å². The largest absolute Gasteiger partial charge is 0.497 e. The number of ether oxygens (including phenoxy) is 1. The van der Waals surface area contributed by atoms with Gasteiger partial charge in [0.25, 0.3) is 0 Å². The van der Waals surface area contributed by atoms with Gasteiger partial charge < -0.3 is 9.84 Å². The van der Waals surface area contributed by atoms with Gasteiger partial charge in [0.2, 0.25) is 0 Å². The normalized spacial score (nSPS) is 28.7. The van der Waals surface area contributed by atoms with Crippen LogP contribution in [-0.4, -0.2) is 35.2 Å². The SMILES string of the molecule is COc1ccc(CN2CC3CCCC(C2)C3(O)c2cccnc2)c(F)c1. The molecule has 1 aromatic carbocycles. The minimum absolute atomic E-state index is 0.153. The Morgan fingerprint density at radius 2 is 2.04 bits per heavy atom. The summed E-state index contributed by atoms with van der Waals surface area (Å²) in [7, 11) is 1.54. The fourth-order valence-corrected chi connectivity index (χ4v) is 4.77. The van der Waals surface area contributed by atoms with Gasteiger partial charge >= 0.3 is 0 Å². The van der Waals surface area contributed by atoms with Crippen LogP contribution in [0.2, 0.25) is 0 Å². The molecule has 2 fully saturated rings. The van der Waals surface area contributed by atoms with Crippen molar-refractivity contribution in [2.24, 2.45) is 11.8 Å². The highest BCUT2D eigenvalue weighted by molar-refractivity contribution is 5.29. The fourth-order valence-electron chi connectivity index (χ4n) is 4.77. The lowest BCUT2D eigenvalue weighted by molar-refractivity contribution is -0.148. The predicted molar refractivity (Wildman–Crippen MR) is 97.2 cm³/mol. The first-order chi connectivity index (χ1) is 12.6. The van der Waals surface area contributed by atoms with E-state index in [2.05, 4.69) is 9.88 Å². The molecule has 2 heterocycles. The third-order valence-electron chi connectivity index (χ3n) is 6.09. The maximum absolute atomic E-state index is 14.3. The van der Waals surface area contributed by atoms with Crippen molar-refractivity contribution in [3.8, 4) is 5.75 Å². The molecule has 5 heteroatoms. The van der Waals surface area contributed by atoms with Gasteiger partial charge in [-0.05, 0) is 25.0 Å². The lowest BCUT2D eigenvalue weighted by atomic mass is 9.63. The number of nitrogens with zero attached hydrogens (tertiary/aromatic N) is 2. The molecule has 1 saturated heterocycles. The number of likely N-dealkylation sites (tertiary alicyclic amines) is 1. The zero-order chi connectivity index (χ0) is 18.1. The van der Waals surface area contributed by atoms with E-state index in [9.17, 15) is 9.50 Å². The Morgan fingerprint density at radius 3 is 2.65 bits per heavy atom. The monoisotopic (exact) mass is 356 g/mol. The zero-order valence-electron chi connectivity index (χ0n) is 15.1. The van der Waals surface area contributed by atoms with Gasteiger partial charge in [-0.3, -0.25) is 9.88 Å². The van der Waals surface area contributed by atoms with E-state index in [1.807, 2.05) is 12.1 Å². The maximum Gasteiger partial charge on any atom is 0.131 e. The lowest BCUT2D eigenvalue weighted by Gasteiger charge is -2.53. The van der Waals surface area contributed by atoms with Crippen LogP contribution in [0.1, 0.15) is 30.4 Å². The molecule has 2 bridgehead atoms. The van der Waals surface area contributed by atoms with Crippen LogP contribution < -0.4 is 4.74 Å². The minimum atomic E-state index is -0.818. The van der Waals surface area contributed by atoms with Crippen LogP contribution in [0.5, 0.6) is 5.75 Å². The summed E-state index contributed by atoms with van der Waals surface area (Å²) < 4.78 is 19.4. The first kappa shape index (κ1) is 17.4. The molecule has 0 amide bonds. The number of hydrogen-bond acceptors (Lipinski definition) is 4. The standard InChI is InChI=1S/C21H25FN2O2/c1-26-19-8-7-15(20(22)10-19)12-24-13-17-4-2-5-18(14-24)21(17,25)16-6-3-9-23-11-16/h3,6-11,17-18,25H,2,4-5,12-14H2,1H3. The van der Waals surface area contributed by atoms with E-state index in [0.717, 1.165) is 37.9 Å². The maximum atomic E-state index is 14.3. The van der Waals surface area contributed by atoms with E-state index in [4.69, 9.17) is 4.74 Å². The minimum Gasteiger partial charge on any atom is -0.497 e. The molecule has 1 saturated carbocycles.